The van der Waals surface area contributed by atoms with Gasteiger partial charge in [0.1, 0.15) is 12.2 Å². The topological polar surface area (TPSA) is 80.7 Å². The molecule has 3 rings (SSSR count). The predicted molar refractivity (Wildman–Crippen MR) is 112 cm³/mol. The number of likely N-dealkylation sites (tertiary alicyclic amines) is 1. The molecule has 0 bridgehead atoms. The van der Waals surface area contributed by atoms with E-state index in [0.717, 1.165) is 42.8 Å². The van der Waals surface area contributed by atoms with Gasteiger partial charge in [0.05, 0.1) is 29.7 Å². The van der Waals surface area contributed by atoms with Crippen LogP contribution in [0.2, 0.25) is 5.02 Å². The Morgan fingerprint density at radius 2 is 2.14 bits per heavy atom. The molecule has 2 aromatic rings. The van der Waals surface area contributed by atoms with Crippen molar-refractivity contribution < 1.29 is 14.5 Å². The van der Waals surface area contributed by atoms with Crippen molar-refractivity contribution in [3.05, 3.63) is 39.4 Å². The first kappa shape index (κ1) is 20.8. The lowest BCUT2D eigenvalue weighted by Crippen LogP contribution is -3.12. The van der Waals surface area contributed by atoms with E-state index < -0.39 is 0 Å². The Morgan fingerprint density at radius 1 is 1.39 bits per heavy atom. The third-order valence-corrected chi connectivity index (χ3v) is 6.28. The molecule has 1 saturated heterocycles. The number of hydrogen-bond acceptors (Lipinski definition) is 4. The van der Waals surface area contributed by atoms with Crippen molar-refractivity contribution in [2.24, 2.45) is 11.7 Å². The van der Waals surface area contributed by atoms with E-state index in [1.807, 2.05) is 31.4 Å². The molecule has 150 valence electrons. The Balaban J connectivity index is 1.83. The van der Waals surface area contributed by atoms with Crippen molar-refractivity contribution in [1.82, 2.24) is 4.98 Å². The number of nitrogens with two attached hydrogens (primary N) is 1. The standard InChI is InChI=1S/C20H25ClN4O2S/c1-12-7-13(2)18(17(21)8-12)25(14(3)26)20-23-16(11-28-20)10-24-6-4-5-15(9-24)19(22)27/h7-8,11,15H,4-6,9-10H2,1-3H3,(H2,22,27)/p+1/t15-/m1/s1. The summed E-state index contributed by atoms with van der Waals surface area (Å²) in [4.78, 5) is 31.5. The van der Waals surface area contributed by atoms with Crippen molar-refractivity contribution in [3.8, 4) is 0 Å². The van der Waals surface area contributed by atoms with E-state index in [9.17, 15) is 9.59 Å². The molecule has 1 aromatic heterocycles. The zero-order valence-electron chi connectivity index (χ0n) is 16.4. The molecule has 0 radical (unpaired) electrons. The van der Waals surface area contributed by atoms with E-state index >= 15 is 0 Å². The third kappa shape index (κ3) is 4.54. The molecule has 1 aromatic carbocycles. The molecule has 2 heterocycles. The number of hydrogen-bond donors (Lipinski definition) is 2. The van der Waals surface area contributed by atoms with Crippen molar-refractivity contribution in [1.29, 1.82) is 0 Å². The molecule has 0 aliphatic carbocycles. The Labute approximate surface area is 174 Å². The zero-order chi connectivity index (χ0) is 20.4. The lowest BCUT2D eigenvalue weighted by Gasteiger charge is -2.27. The average Bonchev–Trinajstić information content (AvgIpc) is 3.05. The van der Waals surface area contributed by atoms with E-state index in [0.29, 0.717) is 22.4 Å². The molecular weight excluding hydrogens is 396 g/mol. The second-order valence-electron chi connectivity index (χ2n) is 7.51. The summed E-state index contributed by atoms with van der Waals surface area (Å²) in [6.07, 6.45) is 1.85. The maximum absolute atomic E-state index is 12.4. The highest BCUT2D eigenvalue weighted by Gasteiger charge is 2.28. The summed E-state index contributed by atoms with van der Waals surface area (Å²) >= 11 is 7.90. The van der Waals surface area contributed by atoms with Crippen LogP contribution in [-0.2, 0) is 16.1 Å². The Kier molecular flexibility index (Phi) is 6.37. The molecule has 28 heavy (non-hydrogen) atoms. The summed E-state index contributed by atoms with van der Waals surface area (Å²) in [5.41, 5.74) is 9.05. The van der Waals surface area contributed by atoms with Crippen LogP contribution in [0.15, 0.2) is 17.5 Å². The highest BCUT2D eigenvalue weighted by molar-refractivity contribution is 7.14. The van der Waals surface area contributed by atoms with E-state index in [4.69, 9.17) is 22.3 Å². The van der Waals surface area contributed by atoms with Crippen LogP contribution >= 0.6 is 22.9 Å². The normalized spacial score (nSPS) is 19.4. The van der Waals surface area contributed by atoms with Gasteiger partial charge in [-0.3, -0.25) is 14.5 Å². The monoisotopic (exact) mass is 421 g/mol. The van der Waals surface area contributed by atoms with Crippen LogP contribution in [-0.4, -0.2) is 29.9 Å². The Morgan fingerprint density at radius 3 is 2.79 bits per heavy atom. The average molecular weight is 422 g/mol. The first-order chi connectivity index (χ1) is 13.3. The second-order valence-corrected chi connectivity index (χ2v) is 8.75. The minimum atomic E-state index is -0.219. The molecule has 2 atom stereocenters. The van der Waals surface area contributed by atoms with Crippen LogP contribution in [0.4, 0.5) is 10.8 Å². The van der Waals surface area contributed by atoms with Gasteiger partial charge in [-0.25, -0.2) is 4.98 Å². The van der Waals surface area contributed by atoms with Crippen LogP contribution in [0.1, 0.15) is 36.6 Å². The summed E-state index contributed by atoms with van der Waals surface area (Å²) in [5, 5.41) is 3.12. The van der Waals surface area contributed by atoms with Gasteiger partial charge in [0.15, 0.2) is 5.13 Å². The molecule has 0 spiro atoms. The smallest absolute Gasteiger partial charge is 0.230 e. The Hall–Kier alpha value is -1.96. The number of rotatable bonds is 5. The van der Waals surface area contributed by atoms with E-state index in [-0.39, 0.29) is 17.7 Å². The largest absolute Gasteiger partial charge is 0.369 e. The second kappa shape index (κ2) is 8.59. The summed E-state index contributed by atoms with van der Waals surface area (Å²) < 4.78 is 0. The fraction of sp³-hybridized carbons (Fsp3) is 0.450. The fourth-order valence-corrected chi connectivity index (χ4v) is 5.15. The number of quaternary nitrogens is 1. The molecule has 0 saturated carbocycles. The van der Waals surface area contributed by atoms with Gasteiger partial charge >= 0.3 is 0 Å². The number of piperidine rings is 1. The zero-order valence-corrected chi connectivity index (χ0v) is 18.0. The number of carbonyl (C=O) groups is 2. The molecule has 2 amide bonds. The minimum absolute atomic E-state index is 0.0652. The van der Waals surface area contributed by atoms with Crippen LogP contribution in [0, 0.1) is 19.8 Å². The summed E-state index contributed by atoms with van der Waals surface area (Å²) in [5.74, 6) is -0.415. The van der Waals surface area contributed by atoms with Gasteiger partial charge in [0, 0.05) is 12.3 Å². The molecule has 1 aliphatic heterocycles. The third-order valence-electron chi connectivity index (χ3n) is 5.12. The molecule has 6 nitrogen and oxygen atoms in total. The summed E-state index contributed by atoms with van der Waals surface area (Å²) in [7, 11) is 0. The minimum Gasteiger partial charge on any atom is -0.369 e. The molecule has 1 fully saturated rings. The first-order valence-corrected chi connectivity index (χ1v) is 10.7. The van der Waals surface area contributed by atoms with Gasteiger partial charge in [0.2, 0.25) is 11.8 Å². The molecule has 8 heteroatoms. The van der Waals surface area contributed by atoms with Gasteiger partial charge in [-0.15, -0.1) is 11.3 Å². The van der Waals surface area contributed by atoms with Gasteiger partial charge in [-0.05, 0) is 43.9 Å². The number of halogens is 1. The maximum atomic E-state index is 12.4. The van der Waals surface area contributed by atoms with Gasteiger partial charge in [-0.1, -0.05) is 17.7 Å². The van der Waals surface area contributed by atoms with Crippen molar-refractivity contribution in [3.63, 3.8) is 0 Å². The highest BCUT2D eigenvalue weighted by Crippen LogP contribution is 2.37. The number of thiazole rings is 1. The number of carbonyl (C=O) groups excluding carboxylic acids is 2. The summed E-state index contributed by atoms with van der Waals surface area (Å²) in [6.45, 7) is 7.89. The van der Waals surface area contributed by atoms with Gasteiger partial charge in [-0.2, -0.15) is 0 Å². The highest BCUT2D eigenvalue weighted by atomic mass is 35.5. The number of benzene rings is 1. The molecular formula is C20H26ClN4O2S+. The number of nitrogens with one attached hydrogen (secondary N) is 1. The fourth-order valence-electron chi connectivity index (χ4n) is 3.87. The van der Waals surface area contributed by atoms with Crippen LogP contribution in [0.5, 0.6) is 0 Å². The Bertz CT molecular complexity index is 875. The molecule has 3 N–H and O–H groups in total. The first-order valence-electron chi connectivity index (χ1n) is 9.41. The van der Waals surface area contributed by atoms with Crippen LogP contribution < -0.4 is 15.5 Å². The lowest BCUT2D eigenvalue weighted by molar-refractivity contribution is -0.921. The maximum Gasteiger partial charge on any atom is 0.230 e. The lowest BCUT2D eigenvalue weighted by atomic mass is 9.97. The van der Waals surface area contributed by atoms with Gasteiger partial charge < -0.3 is 10.6 Å². The van der Waals surface area contributed by atoms with E-state index in [2.05, 4.69) is 0 Å². The quantitative estimate of drug-likeness (QED) is 0.777. The predicted octanol–water partition coefficient (Wildman–Crippen LogP) is 2.38. The van der Waals surface area contributed by atoms with Crippen LogP contribution in [0.25, 0.3) is 0 Å². The van der Waals surface area contributed by atoms with Crippen molar-refractivity contribution in [2.45, 2.75) is 40.2 Å². The van der Waals surface area contributed by atoms with Crippen molar-refractivity contribution in [2.75, 3.05) is 18.0 Å². The number of nitrogens with zero attached hydrogens (tertiary/aromatic N) is 2. The number of primary amides is 1. The van der Waals surface area contributed by atoms with Crippen LogP contribution in [0.3, 0.4) is 0 Å². The van der Waals surface area contributed by atoms with Crippen molar-refractivity contribution >= 4 is 45.6 Å². The molecule has 1 aliphatic rings. The van der Waals surface area contributed by atoms with E-state index in [1.54, 1.807) is 4.90 Å². The number of aryl methyl sites for hydroxylation is 2. The van der Waals surface area contributed by atoms with Gasteiger partial charge in [0.25, 0.3) is 0 Å². The number of amides is 2. The number of anilines is 2. The molecule has 1 unspecified atom stereocenters. The van der Waals surface area contributed by atoms with E-state index in [1.165, 1.54) is 23.2 Å². The summed E-state index contributed by atoms with van der Waals surface area (Å²) in [6, 6.07) is 3.86. The SMILES string of the molecule is CC(=O)N(c1nc(C[NH+]2CCC[C@@H](C(N)=O)C2)cs1)c1c(C)cc(C)cc1Cl. The number of aromatic nitrogens is 1.